The number of anilines is 1. The first kappa shape index (κ1) is 18.7. The number of nitrogens with zero attached hydrogens (tertiary/aromatic N) is 4. The SMILES string of the molecule is CCN(C(=O)c1nc(C(=O)N2CCCCC2)n2c1CCCC2)c1ccccc1. The van der Waals surface area contributed by atoms with E-state index in [9.17, 15) is 9.59 Å². The normalized spacial score (nSPS) is 16.5. The third kappa shape index (κ3) is 3.43. The monoisotopic (exact) mass is 380 g/mol. The molecule has 1 aromatic carbocycles. The highest BCUT2D eigenvalue weighted by atomic mass is 16.2. The molecule has 4 rings (SSSR count). The van der Waals surface area contributed by atoms with Gasteiger partial charge in [-0.2, -0.15) is 0 Å². The van der Waals surface area contributed by atoms with Gasteiger partial charge in [-0.15, -0.1) is 0 Å². The first-order valence-electron chi connectivity index (χ1n) is 10.5. The molecule has 1 fully saturated rings. The highest BCUT2D eigenvalue weighted by Crippen LogP contribution is 2.25. The molecule has 0 spiro atoms. The summed E-state index contributed by atoms with van der Waals surface area (Å²) in [5.41, 5.74) is 2.23. The average molecular weight is 380 g/mol. The average Bonchev–Trinajstić information content (AvgIpc) is 3.15. The van der Waals surface area contributed by atoms with Gasteiger partial charge in [0, 0.05) is 31.9 Å². The molecule has 0 N–H and O–H groups in total. The standard InChI is InChI=1S/C22H28N4O2/c1-2-25(17-11-5-3-6-12-17)21(27)19-18-13-7-10-16-26(18)20(23-19)22(28)24-14-8-4-9-15-24/h3,5-6,11-12H,2,4,7-10,13-16H2,1H3. The van der Waals surface area contributed by atoms with E-state index in [0.29, 0.717) is 18.1 Å². The number of carbonyl (C=O) groups excluding carboxylic acids is 2. The van der Waals surface area contributed by atoms with Crippen LogP contribution in [0.15, 0.2) is 30.3 Å². The quantitative estimate of drug-likeness (QED) is 0.816. The van der Waals surface area contributed by atoms with Gasteiger partial charge >= 0.3 is 0 Å². The lowest BCUT2D eigenvalue weighted by Crippen LogP contribution is -2.37. The maximum absolute atomic E-state index is 13.4. The van der Waals surface area contributed by atoms with Crippen molar-refractivity contribution in [1.29, 1.82) is 0 Å². The fourth-order valence-corrected chi connectivity index (χ4v) is 4.30. The van der Waals surface area contributed by atoms with E-state index in [1.807, 2.05) is 46.7 Å². The molecule has 6 heteroatoms. The van der Waals surface area contributed by atoms with Crippen LogP contribution in [0.2, 0.25) is 0 Å². The van der Waals surface area contributed by atoms with Crippen molar-refractivity contribution in [2.75, 3.05) is 24.5 Å². The summed E-state index contributed by atoms with van der Waals surface area (Å²) in [5.74, 6) is 0.311. The second-order valence-corrected chi connectivity index (χ2v) is 7.58. The van der Waals surface area contributed by atoms with Gasteiger partial charge in [0.05, 0.1) is 5.69 Å². The number of imidazole rings is 1. The largest absolute Gasteiger partial charge is 0.336 e. The molecule has 0 saturated carbocycles. The predicted octanol–water partition coefficient (Wildman–Crippen LogP) is 3.51. The van der Waals surface area contributed by atoms with Crippen LogP contribution in [0.25, 0.3) is 0 Å². The number of para-hydroxylation sites is 1. The van der Waals surface area contributed by atoms with Crippen molar-refractivity contribution in [1.82, 2.24) is 14.5 Å². The van der Waals surface area contributed by atoms with Crippen LogP contribution in [0.4, 0.5) is 5.69 Å². The lowest BCUT2D eigenvalue weighted by molar-refractivity contribution is 0.0705. The van der Waals surface area contributed by atoms with Crippen molar-refractivity contribution in [2.45, 2.75) is 52.0 Å². The maximum Gasteiger partial charge on any atom is 0.289 e. The number of benzene rings is 1. The number of likely N-dealkylation sites (tertiary alicyclic amines) is 1. The van der Waals surface area contributed by atoms with Crippen LogP contribution in [0, 0.1) is 0 Å². The van der Waals surface area contributed by atoms with Crippen LogP contribution in [-0.4, -0.2) is 45.9 Å². The molecular weight excluding hydrogens is 352 g/mol. The Kier molecular flexibility index (Phi) is 5.46. The van der Waals surface area contributed by atoms with Crippen LogP contribution in [0.3, 0.4) is 0 Å². The third-order valence-corrected chi connectivity index (χ3v) is 5.78. The van der Waals surface area contributed by atoms with Gasteiger partial charge in [0.25, 0.3) is 11.8 Å². The van der Waals surface area contributed by atoms with Crippen LogP contribution >= 0.6 is 0 Å². The van der Waals surface area contributed by atoms with Gasteiger partial charge in [0.1, 0.15) is 0 Å². The first-order chi connectivity index (χ1) is 13.7. The van der Waals surface area contributed by atoms with Gasteiger partial charge in [-0.05, 0) is 57.6 Å². The summed E-state index contributed by atoms with van der Waals surface area (Å²) in [6, 6.07) is 9.67. The topological polar surface area (TPSA) is 58.4 Å². The zero-order chi connectivity index (χ0) is 19.5. The van der Waals surface area contributed by atoms with E-state index in [-0.39, 0.29) is 11.8 Å². The molecule has 0 unspecified atom stereocenters. The van der Waals surface area contributed by atoms with Crippen molar-refractivity contribution < 1.29 is 9.59 Å². The number of hydrogen-bond donors (Lipinski definition) is 0. The first-order valence-corrected chi connectivity index (χ1v) is 10.5. The van der Waals surface area contributed by atoms with E-state index < -0.39 is 0 Å². The van der Waals surface area contributed by atoms with Gasteiger partial charge < -0.3 is 14.4 Å². The molecule has 0 aliphatic carbocycles. The van der Waals surface area contributed by atoms with E-state index >= 15 is 0 Å². The second kappa shape index (κ2) is 8.17. The van der Waals surface area contributed by atoms with Crippen LogP contribution in [0.5, 0.6) is 0 Å². The molecule has 2 aromatic rings. The van der Waals surface area contributed by atoms with E-state index in [1.165, 1.54) is 6.42 Å². The van der Waals surface area contributed by atoms with Crippen molar-refractivity contribution >= 4 is 17.5 Å². The number of carbonyl (C=O) groups is 2. The minimum absolute atomic E-state index is 0.0235. The number of hydrogen-bond acceptors (Lipinski definition) is 3. The van der Waals surface area contributed by atoms with Crippen LogP contribution < -0.4 is 4.90 Å². The van der Waals surface area contributed by atoms with Crippen LogP contribution in [0.1, 0.15) is 65.8 Å². The lowest BCUT2D eigenvalue weighted by atomic mass is 10.1. The molecule has 1 saturated heterocycles. The van der Waals surface area contributed by atoms with E-state index in [2.05, 4.69) is 4.98 Å². The minimum atomic E-state index is -0.114. The predicted molar refractivity (Wildman–Crippen MR) is 109 cm³/mol. The summed E-state index contributed by atoms with van der Waals surface area (Å²) in [6.07, 6.45) is 6.11. The molecule has 2 aliphatic rings. The Morgan fingerprint density at radius 3 is 2.43 bits per heavy atom. The lowest BCUT2D eigenvalue weighted by Gasteiger charge is -2.27. The Hall–Kier alpha value is -2.63. The van der Waals surface area contributed by atoms with Crippen molar-refractivity contribution in [2.24, 2.45) is 0 Å². The fourth-order valence-electron chi connectivity index (χ4n) is 4.30. The summed E-state index contributed by atoms with van der Waals surface area (Å²) in [6.45, 7) is 4.87. The maximum atomic E-state index is 13.4. The molecular formula is C22H28N4O2. The molecule has 28 heavy (non-hydrogen) atoms. The molecule has 148 valence electrons. The zero-order valence-corrected chi connectivity index (χ0v) is 16.6. The summed E-state index contributed by atoms with van der Waals surface area (Å²) in [5, 5.41) is 0. The summed E-state index contributed by atoms with van der Waals surface area (Å²) < 4.78 is 2.01. The minimum Gasteiger partial charge on any atom is -0.336 e. The Morgan fingerprint density at radius 1 is 1.00 bits per heavy atom. The van der Waals surface area contributed by atoms with E-state index in [1.54, 1.807) is 4.90 Å². The highest BCUT2D eigenvalue weighted by Gasteiger charge is 2.32. The number of rotatable bonds is 4. The highest BCUT2D eigenvalue weighted by molar-refractivity contribution is 6.06. The second-order valence-electron chi connectivity index (χ2n) is 7.58. The molecule has 2 aliphatic heterocycles. The Morgan fingerprint density at radius 2 is 1.71 bits per heavy atom. The van der Waals surface area contributed by atoms with E-state index in [4.69, 9.17) is 0 Å². The van der Waals surface area contributed by atoms with Crippen LogP contribution in [-0.2, 0) is 13.0 Å². The molecule has 1 aromatic heterocycles. The molecule has 2 amide bonds. The van der Waals surface area contributed by atoms with Gasteiger partial charge in [-0.25, -0.2) is 4.98 Å². The van der Waals surface area contributed by atoms with Crippen molar-refractivity contribution in [3.8, 4) is 0 Å². The Labute approximate surface area is 166 Å². The smallest absolute Gasteiger partial charge is 0.289 e. The van der Waals surface area contributed by atoms with Gasteiger partial charge in [0.15, 0.2) is 11.5 Å². The van der Waals surface area contributed by atoms with Crippen molar-refractivity contribution in [3.63, 3.8) is 0 Å². The molecule has 6 nitrogen and oxygen atoms in total. The fraction of sp³-hybridized carbons (Fsp3) is 0.500. The van der Waals surface area contributed by atoms with Crippen molar-refractivity contribution in [3.05, 3.63) is 47.5 Å². The number of fused-ring (bicyclic) bond motifs is 1. The summed E-state index contributed by atoms with van der Waals surface area (Å²) >= 11 is 0. The Bertz CT molecular complexity index is 853. The number of piperidine rings is 1. The van der Waals surface area contributed by atoms with Gasteiger partial charge in [-0.1, -0.05) is 18.2 Å². The molecule has 3 heterocycles. The number of aromatic nitrogens is 2. The molecule has 0 atom stereocenters. The summed E-state index contributed by atoms with van der Waals surface area (Å²) in [4.78, 5) is 34.8. The summed E-state index contributed by atoms with van der Waals surface area (Å²) in [7, 11) is 0. The van der Waals surface area contributed by atoms with E-state index in [0.717, 1.165) is 63.1 Å². The Balaban J connectivity index is 1.70. The molecule has 0 bridgehead atoms. The third-order valence-electron chi connectivity index (χ3n) is 5.78. The van der Waals surface area contributed by atoms with Gasteiger partial charge in [-0.3, -0.25) is 9.59 Å². The van der Waals surface area contributed by atoms with Gasteiger partial charge in [0.2, 0.25) is 0 Å². The number of amides is 2. The molecule has 0 radical (unpaired) electrons. The zero-order valence-electron chi connectivity index (χ0n) is 16.6.